The van der Waals surface area contributed by atoms with Gasteiger partial charge in [0.15, 0.2) is 6.29 Å². The summed E-state index contributed by atoms with van der Waals surface area (Å²) in [7, 11) is 0. The fourth-order valence-corrected chi connectivity index (χ4v) is 3.32. The normalized spacial score (nSPS) is 9.05. The number of aldehydes is 1. The molecule has 196 valence electrons. The van der Waals surface area contributed by atoms with Crippen LogP contribution in [0.4, 0.5) is 11.4 Å². The predicted molar refractivity (Wildman–Crippen MR) is 165 cm³/mol. The number of fused-ring (bicyclic) bond motifs is 1. The standard InChI is InChI=1S/C10H11NO.C10H11N.C9H9NO.C2H6.CH4/c12-7-5-9-3-1-2-8-4-6-11-10(8)9;1-3-8-6-5-7-9(4-2)10(8)11;1-2-7-4-3-5-8(6-11)9(7)10;1-2;/h1-4,6,11-12H,5,7H2;3-7H,1-2,11H2;2-6H,1,10H2;1-2H3;1H4. The van der Waals surface area contributed by atoms with Crippen molar-refractivity contribution in [3.05, 3.63) is 114 Å². The van der Waals surface area contributed by atoms with Gasteiger partial charge in [-0.1, -0.05) is 108 Å². The fourth-order valence-electron chi connectivity index (χ4n) is 3.32. The van der Waals surface area contributed by atoms with Gasteiger partial charge in [-0.05, 0) is 46.2 Å². The van der Waals surface area contributed by atoms with Crippen molar-refractivity contribution < 1.29 is 9.90 Å². The van der Waals surface area contributed by atoms with Crippen LogP contribution >= 0.6 is 0 Å². The Labute approximate surface area is 221 Å². The first kappa shape index (κ1) is 32.6. The largest absolute Gasteiger partial charge is 0.398 e. The van der Waals surface area contributed by atoms with E-state index in [9.17, 15) is 4.79 Å². The number of carbonyl (C=O) groups excluding carboxylic acids is 1. The summed E-state index contributed by atoms with van der Waals surface area (Å²) in [6.45, 7) is 15.1. The van der Waals surface area contributed by atoms with Crippen LogP contribution in [0.1, 0.15) is 53.9 Å². The lowest BCUT2D eigenvalue weighted by atomic mass is 10.1. The number of aromatic nitrogens is 1. The van der Waals surface area contributed by atoms with Crippen LogP contribution in [-0.2, 0) is 6.42 Å². The topological polar surface area (TPSA) is 105 Å². The molecule has 1 heterocycles. The molecule has 0 radical (unpaired) electrons. The first-order valence-corrected chi connectivity index (χ1v) is 11.8. The number of hydrogen-bond acceptors (Lipinski definition) is 4. The maximum Gasteiger partial charge on any atom is 0.152 e. The monoisotopic (exact) mass is 499 g/mol. The number of aliphatic hydroxyl groups is 1. The van der Waals surface area contributed by atoms with Gasteiger partial charge in [-0.15, -0.1) is 0 Å². The summed E-state index contributed by atoms with van der Waals surface area (Å²) in [4.78, 5) is 13.5. The van der Waals surface area contributed by atoms with Crippen LogP contribution in [0.3, 0.4) is 0 Å². The Morgan fingerprint density at radius 3 is 1.70 bits per heavy atom. The fraction of sp³-hybridized carbons (Fsp3) is 0.156. The van der Waals surface area contributed by atoms with Gasteiger partial charge in [0.1, 0.15) is 0 Å². The summed E-state index contributed by atoms with van der Waals surface area (Å²) < 4.78 is 0. The van der Waals surface area contributed by atoms with Gasteiger partial charge in [-0.2, -0.15) is 0 Å². The summed E-state index contributed by atoms with van der Waals surface area (Å²) in [6.07, 6.45) is 8.48. The summed E-state index contributed by atoms with van der Waals surface area (Å²) in [6, 6.07) is 19.2. The number of rotatable bonds is 6. The molecule has 0 saturated heterocycles. The van der Waals surface area contributed by atoms with Gasteiger partial charge in [0.2, 0.25) is 0 Å². The van der Waals surface area contributed by atoms with Gasteiger partial charge in [0.05, 0.1) is 0 Å². The van der Waals surface area contributed by atoms with Crippen LogP contribution < -0.4 is 11.5 Å². The molecule has 0 aliphatic rings. The molecule has 0 atom stereocenters. The second-order valence-corrected chi connectivity index (χ2v) is 7.26. The van der Waals surface area contributed by atoms with E-state index < -0.39 is 0 Å². The van der Waals surface area contributed by atoms with Gasteiger partial charge >= 0.3 is 0 Å². The van der Waals surface area contributed by atoms with Gasteiger partial charge in [0.25, 0.3) is 0 Å². The molecule has 0 unspecified atom stereocenters. The Balaban J connectivity index is 0.000000502. The van der Waals surface area contributed by atoms with E-state index in [1.807, 2.05) is 62.5 Å². The van der Waals surface area contributed by atoms with Crippen LogP contribution in [0.2, 0.25) is 0 Å². The van der Waals surface area contributed by atoms with E-state index in [1.165, 1.54) is 10.9 Å². The van der Waals surface area contributed by atoms with Gasteiger partial charge < -0.3 is 21.6 Å². The number of anilines is 2. The van der Waals surface area contributed by atoms with E-state index in [0.717, 1.165) is 40.6 Å². The molecular weight excluding hydrogens is 458 g/mol. The first-order valence-electron chi connectivity index (χ1n) is 11.8. The molecule has 5 heteroatoms. The van der Waals surface area contributed by atoms with Crippen LogP contribution in [-0.4, -0.2) is 23.0 Å². The van der Waals surface area contributed by atoms with E-state index in [1.54, 1.807) is 30.4 Å². The number of hydrogen-bond donors (Lipinski definition) is 4. The number of nitrogen functional groups attached to an aromatic ring is 2. The van der Waals surface area contributed by atoms with Crippen LogP contribution in [0, 0.1) is 0 Å². The number of benzene rings is 3. The smallest absolute Gasteiger partial charge is 0.152 e. The number of aromatic amines is 1. The van der Waals surface area contributed by atoms with E-state index in [-0.39, 0.29) is 14.0 Å². The zero-order chi connectivity index (χ0) is 26.9. The SMILES string of the molecule is C.C=Cc1cccc(C=C)c1N.C=Cc1cccc(C=O)c1N.CC.OCCc1cccc2cc[nH]c12. The number of nitrogens with two attached hydrogens (primary N) is 2. The highest BCUT2D eigenvalue weighted by Gasteiger charge is 2.00. The Hall–Kier alpha value is -4.35. The number of nitrogens with one attached hydrogen (secondary N) is 1. The average Bonchev–Trinajstić information content (AvgIpc) is 3.41. The Morgan fingerprint density at radius 2 is 1.24 bits per heavy atom. The molecule has 37 heavy (non-hydrogen) atoms. The minimum absolute atomic E-state index is 0. The highest BCUT2D eigenvalue weighted by molar-refractivity contribution is 5.87. The number of carbonyl (C=O) groups is 1. The van der Waals surface area contributed by atoms with Gasteiger partial charge in [-0.25, -0.2) is 0 Å². The van der Waals surface area contributed by atoms with E-state index in [2.05, 4.69) is 30.8 Å². The lowest BCUT2D eigenvalue weighted by molar-refractivity contribution is 0.112. The van der Waals surface area contributed by atoms with E-state index >= 15 is 0 Å². The third-order valence-electron chi connectivity index (χ3n) is 5.19. The summed E-state index contributed by atoms with van der Waals surface area (Å²) in [5.41, 5.74) is 18.2. The molecule has 0 aliphatic carbocycles. The van der Waals surface area contributed by atoms with Crippen molar-refractivity contribution in [1.29, 1.82) is 0 Å². The molecule has 0 amide bonds. The van der Waals surface area contributed by atoms with Gasteiger partial charge in [-0.3, -0.25) is 4.79 Å². The third kappa shape index (κ3) is 9.32. The summed E-state index contributed by atoms with van der Waals surface area (Å²) >= 11 is 0. The first-order chi connectivity index (χ1) is 17.5. The summed E-state index contributed by atoms with van der Waals surface area (Å²) in [5, 5.41) is 10.0. The molecule has 0 fully saturated rings. The second kappa shape index (κ2) is 18.0. The molecule has 1 aromatic heterocycles. The Morgan fingerprint density at radius 1 is 0.784 bits per heavy atom. The van der Waals surface area contributed by atoms with Crippen molar-refractivity contribution in [2.45, 2.75) is 27.7 Å². The van der Waals surface area contributed by atoms with Crippen molar-refractivity contribution in [3.63, 3.8) is 0 Å². The molecule has 4 aromatic rings. The van der Waals surface area contributed by atoms with E-state index in [0.29, 0.717) is 11.3 Å². The minimum atomic E-state index is 0. The van der Waals surface area contributed by atoms with Crippen molar-refractivity contribution >= 4 is 46.8 Å². The van der Waals surface area contributed by atoms with Crippen LogP contribution in [0.5, 0.6) is 0 Å². The summed E-state index contributed by atoms with van der Waals surface area (Å²) in [5.74, 6) is 0. The Kier molecular flexibility index (Phi) is 15.9. The minimum Gasteiger partial charge on any atom is -0.398 e. The van der Waals surface area contributed by atoms with E-state index in [4.69, 9.17) is 16.6 Å². The third-order valence-corrected chi connectivity index (χ3v) is 5.19. The zero-order valence-corrected chi connectivity index (χ0v) is 21.2. The highest BCUT2D eigenvalue weighted by Crippen LogP contribution is 2.19. The second-order valence-electron chi connectivity index (χ2n) is 7.26. The lowest BCUT2D eigenvalue weighted by Crippen LogP contribution is -1.94. The predicted octanol–water partition coefficient (Wildman–Crippen LogP) is 7.64. The maximum absolute atomic E-state index is 10.4. The maximum atomic E-state index is 10.4. The van der Waals surface area contributed by atoms with Gasteiger partial charge in [0, 0.05) is 35.3 Å². The molecule has 0 spiro atoms. The molecule has 0 aliphatic heterocycles. The number of aliphatic hydroxyl groups excluding tert-OH is 1. The quantitative estimate of drug-likeness (QED) is 0.161. The van der Waals surface area contributed by atoms with Crippen molar-refractivity contribution in [1.82, 2.24) is 4.98 Å². The molecule has 6 N–H and O–H groups in total. The van der Waals surface area contributed by atoms with Crippen LogP contribution in [0.15, 0.2) is 86.6 Å². The van der Waals surface area contributed by atoms with Crippen LogP contribution in [0.25, 0.3) is 29.1 Å². The molecule has 0 bridgehead atoms. The zero-order valence-electron chi connectivity index (χ0n) is 21.2. The molecule has 0 saturated carbocycles. The van der Waals surface area contributed by atoms with Crippen molar-refractivity contribution in [3.8, 4) is 0 Å². The lowest BCUT2D eigenvalue weighted by Gasteiger charge is -2.02. The average molecular weight is 500 g/mol. The number of para-hydroxylation sites is 3. The molecule has 4 rings (SSSR count). The molecule has 3 aromatic carbocycles. The molecular formula is C32H41N3O2. The Bertz CT molecular complexity index is 1160. The number of H-pyrrole nitrogens is 1. The molecule has 5 nitrogen and oxygen atoms in total. The van der Waals surface area contributed by atoms with Crippen molar-refractivity contribution in [2.75, 3.05) is 18.1 Å². The van der Waals surface area contributed by atoms with Crippen molar-refractivity contribution in [2.24, 2.45) is 0 Å². The highest BCUT2D eigenvalue weighted by atomic mass is 16.3.